The third-order valence-corrected chi connectivity index (χ3v) is 4.44. The van der Waals surface area contributed by atoms with E-state index in [1.54, 1.807) is 12.1 Å². The Labute approximate surface area is 152 Å². The van der Waals surface area contributed by atoms with E-state index in [0.29, 0.717) is 13.2 Å². The van der Waals surface area contributed by atoms with E-state index in [0.717, 1.165) is 24.0 Å². The summed E-state index contributed by atoms with van der Waals surface area (Å²) in [5.41, 5.74) is 2.07. The third-order valence-electron chi connectivity index (χ3n) is 4.44. The molecule has 0 bridgehead atoms. The summed E-state index contributed by atoms with van der Waals surface area (Å²) in [7, 11) is 0. The van der Waals surface area contributed by atoms with Crippen LogP contribution in [0.15, 0.2) is 54.6 Å². The quantitative estimate of drug-likeness (QED) is 0.744. The minimum atomic E-state index is -0.968. The molecule has 0 aromatic heterocycles. The highest BCUT2D eigenvalue weighted by molar-refractivity contribution is 5.87. The molecule has 2 aromatic carbocycles. The zero-order chi connectivity index (χ0) is 18.4. The number of carboxylic acid groups (broad SMARTS) is 1. The Morgan fingerprint density at radius 1 is 1.12 bits per heavy atom. The van der Waals surface area contributed by atoms with Crippen molar-refractivity contribution in [2.75, 3.05) is 6.61 Å². The largest absolute Gasteiger partial charge is 0.478 e. The van der Waals surface area contributed by atoms with Crippen molar-refractivity contribution < 1.29 is 19.4 Å². The Kier molecular flexibility index (Phi) is 5.86. The molecule has 0 aliphatic carbocycles. The maximum Gasteiger partial charge on any atom is 0.335 e. The molecule has 1 fully saturated rings. The van der Waals surface area contributed by atoms with Gasteiger partial charge in [0.1, 0.15) is 0 Å². The van der Waals surface area contributed by atoms with E-state index >= 15 is 0 Å². The normalized spacial score (nSPS) is 17.5. The predicted molar refractivity (Wildman–Crippen MR) is 96.9 cm³/mol. The first-order chi connectivity index (χ1) is 12.6. The average Bonchev–Trinajstić information content (AvgIpc) is 3.20. The van der Waals surface area contributed by atoms with Gasteiger partial charge in [-0.15, -0.1) is 0 Å². The number of carboxylic acids is 1. The lowest BCUT2D eigenvalue weighted by atomic mass is 9.99. The number of nitrogens with one attached hydrogen (secondary N) is 2. The summed E-state index contributed by atoms with van der Waals surface area (Å²) in [4.78, 5) is 23.2. The monoisotopic (exact) mass is 354 g/mol. The van der Waals surface area contributed by atoms with Crippen LogP contribution in [-0.2, 0) is 11.3 Å². The lowest BCUT2D eigenvalue weighted by Gasteiger charge is -2.25. The molecule has 0 spiro atoms. The average molecular weight is 354 g/mol. The Morgan fingerprint density at radius 3 is 2.46 bits per heavy atom. The van der Waals surface area contributed by atoms with Crippen LogP contribution >= 0.6 is 0 Å². The summed E-state index contributed by atoms with van der Waals surface area (Å²) in [6.07, 6.45) is 1.88. The van der Waals surface area contributed by atoms with Gasteiger partial charge < -0.3 is 20.5 Å². The molecule has 1 aliphatic heterocycles. The maximum atomic E-state index is 12.4. The summed E-state index contributed by atoms with van der Waals surface area (Å²) < 4.78 is 5.77. The Morgan fingerprint density at radius 2 is 1.85 bits per heavy atom. The van der Waals surface area contributed by atoms with E-state index in [1.807, 2.05) is 30.3 Å². The molecule has 1 saturated heterocycles. The molecule has 0 saturated carbocycles. The summed E-state index contributed by atoms with van der Waals surface area (Å²) in [6, 6.07) is 15.8. The van der Waals surface area contributed by atoms with E-state index in [9.17, 15) is 9.59 Å². The van der Waals surface area contributed by atoms with E-state index in [1.165, 1.54) is 12.1 Å². The van der Waals surface area contributed by atoms with Gasteiger partial charge in [-0.05, 0) is 36.1 Å². The van der Waals surface area contributed by atoms with E-state index in [2.05, 4.69) is 10.6 Å². The van der Waals surface area contributed by atoms with Crippen molar-refractivity contribution in [3.63, 3.8) is 0 Å². The minimum absolute atomic E-state index is 0.0296. The van der Waals surface area contributed by atoms with Gasteiger partial charge in [0.15, 0.2) is 0 Å². The van der Waals surface area contributed by atoms with Gasteiger partial charge in [0.05, 0.1) is 17.7 Å². The fourth-order valence-electron chi connectivity index (χ4n) is 3.06. The van der Waals surface area contributed by atoms with Crippen molar-refractivity contribution in [3.8, 4) is 0 Å². The Balaban J connectivity index is 1.60. The number of aromatic carboxylic acids is 1. The first-order valence-electron chi connectivity index (χ1n) is 8.66. The van der Waals surface area contributed by atoms with Gasteiger partial charge in [-0.1, -0.05) is 42.5 Å². The second-order valence-corrected chi connectivity index (χ2v) is 6.27. The zero-order valence-electron chi connectivity index (χ0n) is 14.4. The zero-order valence-corrected chi connectivity index (χ0v) is 14.4. The summed E-state index contributed by atoms with van der Waals surface area (Å²) in [6.45, 7) is 1.03. The third kappa shape index (κ3) is 4.61. The number of urea groups is 1. The summed E-state index contributed by atoms with van der Waals surface area (Å²) >= 11 is 0. The number of carbonyl (C=O) groups is 2. The molecule has 2 unspecified atom stereocenters. The van der Waals surface area contributed by atoms with Crippen LogP contribution in [-0.4, -0.2) is 29.8 Å². The van der Waals surface area contributed by atoms with Gasteiger partial charge in [0.25, 0.3) is 0 Å². The standard InChI is InChI=1S/C20H22N2O4/c23-19(24)16-10-8-14(9-11-16)13-21-20(25)22-18(17-7-4-12-26-17)15-5-2-1-3-6-15/h1-3,5-6,8-11,17-18H,4,7,12-13H2,(H,23,24)(H2,21,22,25). The van der Waals surface area contributed by atoms with Crippen LogP contribution in [0.4, 0.5) is 4.79 Å². The SMILES string of the molecule is O=C(NCc1ccc(C(=O)O)cc1)NC(c1ccccc1)C1CCCO1. The van der Waals surface area contributed by atoms with Gasteiger partial charge in [-0.2, -0.15) is 0 Å². The lowest BCUT2D eigenvalue weighted by molar-refractivity contribution is 0.0697. The van der Waals surface area contributed by atoms with Crippen molar-refractivity contribution in [3.05, 3.63) is 71.3 Å². The smallest absolute Gasteiger partial charge is 0.335 e. The minimum Gasteiger partial charge on any atom is -0.478 e. The van der Waals surface area contributed by atoms with Crippen molar-refractivity contribution >= 4 is 12.0 Å². The van der Waals surface area contributed by atoms with Crippen molar-refractivity contribution in [1.82, 2.24) is 10.6 Å². The molecule has 26 heavy (non-hydrogen) atoms. The van der Waals surface area contributed by atoms with Crippen LogP contribution in [0.2, 0.25) is 0 Å². The number of carbonyl (C=O) groups excluding carboxylic acids is 1. The van der Waals surface area contributed by atoms with Crippen LogP contribution in [0.1, 0.15) is 40.4 Å². The summed E-state index contributed by atoms with van der Waals surface area (Å²) in [5.74, 6) is -0.968. The van der Waals surface area contributed by atoms with E-state index < -0.39 is 5.97 Å². The Bertz CT molecular complexity index is 740. The highest BCUT2D eigenvalue weighted by Gasteiger charge is 2.28. The number of rotatable bonds is 6. The molecule has 6 heteroatoms. The fraction of sp³-hybridized carbons (Fsp3) is 0.300. The number of ether oxygens (including phenoxy) is 1. The molecule has 136 valence electrons. The van der Waals surface area contributed by atoms with Gasteiger partial charge in [-0.25, -0.2) is 9.59 Å². The lowest BCUT2D eigenvalue weighted by Crippen LogP contribution is -2.42. The van der Waals surface area contributed by atoms with Gasteiger partial charge in [-0.3, -0.25) is 0 Å². The number of hydrogen-bond donors (Lipinski definition) is 3. The van der Waals surface area contributed by atoms with Crippen LogP contribution in [0, 0.1) is 0 Å². The first kappa shape index (κ1) is 17.9. The Hall–Kier alpha value is -2.86. The van der Waals surface area contributed by atoms with Crippen LogP contribution < -0.4 is 10.6 Å². The number of benzene rings is 2. The van der Waals surface area contributed by atoms with Crippen molar-refractivity contribution in [2.45, 2.75) is 31.5 Å². The second kappa shape index (κ2) is 8.49. The highest BCUT2D eigenvalue weighted by atomic mass is 16.5. The van der Waals surface area contributed by atoms with E-state index in [-0.39, 0.29) is 23.7 Å². The molecule has 1 aliphatic rings. The van der Waals surface area contributed by atoms with Crippen LogP contribution in [0.5, 0.6) is 0 Å². The molecule has 2 aromatic rings. The predicted octanol–water partition coefficient (Wildman–Crippen LogP) is 3.10. The van der Waals surface area contributed by atoms with Gasteiger partial charge in [0.2, 0.25) is 0 Å². The van der Waals surface area contributed by atoms with Crippen LogP contribution in [0.3, 0.4) is 0 Å². The number of amides is 2. The van der Waals surface area contributed by atoms with Gasteiger partial charge >= 0.3 is 12.0 Å². The second-order valence-electron chi connectivity index (χ2n) is 6.27. The van der Waals surface area contributed by atoms with Crippen molar-refractivity contribution in [2.24, 2.45) is 0 Å². The molecule has 1 heterocycles. The molecule has 2 amide bonds. The van der Waals surface area contributed by atoms with Crippen LogP contribution in [0.25, 0.3) is 0 Å². The molecular weight excluding hydrogens is 332 g/mol. The molecule has 2 atom stereocenters. The molecular formula is C20H22N2O4. The first-order valence-corrected chi connectivity index (χ1v) is 8.66. The fourth-order valence-corrected chi connectivity index (χ4v) is 3.06. The van der Waals surface area contributed by atoms with Crippen molar-refractivity contribution in [1.29, 1.82) is 0 Å². The summed E-state index contributed by atoms with van der Waals surface area (Å²) in [5, 5.41) is 14.7. The van der Waals surface area contributed by atoms with E-state index in [4.69, 9.17) is 9.84 Å². The molecule has 6 nitrogen and oxygen atoms in total. The molecule has 0 radical (unpaired) electrons. The maximum absolute atomic E-state index is 12.4. The molecule has 3 rings (SSSR count). The topological polar surface area (TPSA) is 87.7 Å². The molecule has 3 N–H and O–H groups in total. The van der Waals surface area contributed by atoms with Gasteiger partial charge in [0, 0.05) is 13.2 Å². The number of hydrogen-bond acceptors (Lipinski definition) is 3. The highest BCUT2D eigenvalue weighted by Crippen LogP contribution is 2.26.